The van der Waals surface area contributed by atoms with Crippen LogP contribution in [0.15, 0.2) is 0 Å². The number of hydrogen-bond donors (Lipinski definition) is 3. The average molecular weight is 1400 g/mol. The van der Waals surface area contributed by atoms with Gasteiger partial charge in [-0.3, -0.25) is 37.3 Å². The second-order valence-electron chi connectivity index (χ2n) is 27.9. The molecule has 19 heteroatoms. The maximum absolute atomic E-state index is 13.1. The summed E-state index contributed by atoms with van der Waals surface area (Å²) in [5.74, 6) is -1.31. The molecule has 0 amide bonds. The van der Waals surface area contributed by atoms with E-state index in [1.807, 2.05) is 0 Å². The third-order valence-corrected chi connectivity index (χ3v) is 19.7. The second-order valence-corrected chi connectivity index (χ2v) is 30.8. The van der Waals surface area contributed by atoms with E-state index >= 15 is 0 Å². The molecule has 0 rings (SSSR count). The number of carbonyl (C=O) groups is 4. The van der Waals surface area contributed by atoms with Crippen molar-refractivity contribution in [2.24, 2.45) is 5.92 Å². The first-order chi connectivity index (χ1) is 46.0. The molecule has 0 bridgehead atoms. The minimum absolute atomic E-state index is 0.106. The highest BCUT2D eigenvalue weighted by Crippen LogP contribution is 2.45. The first kappa shape index (κ1) is 93.1. The molecule has 564 valence electrons. The number of phosphoric ester groups is 2. The summed E-state index contributed by atoms with van der Waals surface area (Å²) in [5.41, 5.74) is 0. The van der Waals surface area contributed by atoms with Gasteiger partial charge in [-0.2, -0.15) is 0 Å². The molecule has 95 heavy (non-hydrogen) atoms. The van der Waals surface area contributed by atoms with Crippen molar-refractivity contribution in [2.75, 3.05) is 39.6 Å². The molecule has 0 heterocycles. The fourth-order valence-electron chi connectivity index (χ4n) is 11.7. The number of ether oxygens (including phenoxy) is 4. The summed E-state index contributed by atoms with van der Waals surface area (Å²) >= 11 is 0. The molecular formula is C76H148O17P2. The second kappa shape index (κ2) is 69.2. The molecule has 0 aliphatic heterocycles. The highest BCUT2D eigenvalue weighted by molar-refractivity contribution is 7.47. The fraction of sp³-hybridized carbons (Fsp3) is 0.947. The van der Waals surface area contributed by atoms with E-state index in [0.29, 0.717) is 25.7 Å². The first-order valence-corrected chi connectivity index (χ1v) is 42.6. The van der Waals surface area contributed by atoms with Gasteiger partial charge in [-0.05, 0) is 31.6 Å². The number of aliphatic hydroxyl groups excluding tert-OH is 1. The van der Waals surface area contributed by atoms with E-state index < -0.39 is 97.5 Å². The topological polar surface area (TPSA) is 237 Å². The smallest absolute Gasteiger partial charge is 0.462 e. The van der Waals surface area contributed by atoms with Crippen molar-refractivity contribution in [3.8, 4) is 0 Å². The molecule has 0 aliphatic rings. The largest absolute Gasteiger partial charge is 0.472 e. The van der Waals surface area contributed by atoms with Gasteiger partial charge in [0.05, 0.1) is 26.4 Å². The van der Waals surface area contributed by atoms with Gasteiger partial charge in [0.15, 0.2) is 12.2 Å². The predicted molar refractivity (Wildman–Crippen MR) is 386 cm³/mol. The maximum atomic E-state index is 13.1. The van der Waals surface area contributed by atoms with E-state index in [-0.39, 0.29) is 25.7 Å². The van der Waals surface area contributed by atoms with Crippen LogP contribution < -0.4 is 0 Å². The number of rotatable bonds is 76. The molecule has 0 aromatic rings. The Labute approximate surface area is 581 Å². The molecule has 0 aromatic heterocycles. The Morgan fingerprint density at radius 2 is 0.484 bits per heavy atom. The lowest BCUT2D eigenvalue weighted by molar-refractivity contribution is -0.161. The summed E-state index contributed by atoms with van der Waals surface area (Å²) in [4.78, 5) is 72.5. The Morgan fingerprint density at radius 3 is 0.716 bits per heavy atom. The van der Waals surface area contributed by atoms with Gasteiger partial charge in [0, 0.05) is 25.7 Å². The Morgan fingerprint density at radius 1 is 0.284 bits per heavy atom. The number of aliphatic hydroxyl groups is 1. The molecule has 0 fully saturated rings. The third kappa shape index (κ3) is 70.3. The van der Waals surface area contributed by atoms with Gasteiger partial charge in [0.2, 0.25) is 0 Å². The zero-order valence-electron chi connectivity index (χ0n) is 61.8. The number of esters is 4. The average Bonchev–Trinajstić information content (AvgIpc) is 1.46. The molecular weight excluding hydrogens is 1250 g/mol. The Balaban J connectivity index is 5.11. The normalized spacial score (nSPS) is 13.9. The van der Waals surface area contributed by atoms with Crippen LogP contribution in [0.3, 0.4) is 0 Å². The summed E-state index contributed by atoms with van der Waals surface area (Å²) in [6.45, 7) is 7.23. The van der Waals surface area contributed by atoms with Crippen molar-refractivity contribution in [1.82, 2.24) is 0 Å². The van der Waals surface area contributed by atoms with Gasteiger partial charge in [-0.25, -0.2) is 9.13 Å². The lowest BCUT2D eigenvalue weighted by Crippen LogP contribution is -2.30. The highest BCUT2D eigenvalue weighted by Gasteiger charge is 2.30. The van der Waals surface area contributed by atoms with Crippen molar-refractivity contribution >= 4 is 39.5 Å². The first-order valence-electron chi connectivity index (χ1n) is 39.6. The van der Waals surface area contributed by atoms with E-state index in [1.54, 1.807) is 0 Å². The van der Waals surface area contributed by atoms with Gasteiger partial charge < -0.3 is 33.8 Å². The minimum Gasteiger partial charge on any atom is -0.462 e. The van der Waals surface area contributed by atoms with Crippen LogP contribution in [0.1, 0.15) is 401 Å². The van der Waals surface area contributed by atoms with E-state index in [1.165, 1.54) is 218 Å². The molecule has 2 unspecified atom stereocenters. The van der Waals surface area contributed by atoms with Crippen LogP contribution in [-0.2, 0) is 65.4 Å². The van der Waals surface area contributed by atoms with Gasteiger partial charge in [-0.1, -0.05) is 349 Å². The van der Waals surface area contributed by atoms with E-state index in [0.717, 1.165) is 102 Å². The highest BCUT2D eigenvalue weighted by atomic mass is 31.2. The van der Waals surface area contributed by atoms with E-state index in [9.17, 15) is 43.2 Å². The number of carbonyl (C=O) groups excluding carboxylic acids is 4. The lowest BCUT2D eigenvalue weighted by Gasteiger charge is -2.21. The molecule has 0 radical (unpaired) electrons. The zero-order chi connectivity index (χ0) is 69.8. The van der Waals surface area contributed by atoms with Crippen LogP contribution in [0.2, 0.25) is 0 Å². The van der Waals surface area contributed by atoms with Crippen LogP contribution in [0.4, 0.5) is 0 Å². The van der Waals surface area contributed by atoms with Crippen molar-refractivity contribution < 1.29 is 80.2 Å². The number of phosphoric acid groups is 2. The van der Waals surface area contributed by atoms with Crippen molar-refractivity contribution in [3.05, 3.63) is 0 Å². The molecule has 17 nitrogen and oxygen atoms in total. The molecule has 0 aliphatic carbocycles. The van der Waals surface area contributed by atoms with Gasteiger partial charge >= 0.3 is 39.5 Å². The molecule has 5 atom stereocenters. The number of unbranched alkanes of at least 4 members (excludes halogenated alkanes) is 48. The standard InChI is InChI=1S/C76H148O17P2/c1-6-9-12-15-17-19-21-22-23-24-25-26-27-32-35-39-43-47-52-57-62-76(81)93-72(66-87-74(79)60-55-50-45-41-38-34-31-29-28-30-33-37-40-44-49-53-58-69(4)5)68-91-95(84,85)89-64-70(77)63-88-94(82,83)90-67-71(65-86-73(78)59-54-48-14-11-8-3)92-75(80)61-56-51-46-42-36-20-18-16-13-10-7-2/h69-72,77H,6-68H2,1-5H3,(H,82,83)(H,84,85)/t70-,71+,72+/m0/s1. The Bertz CT molecular complexity index is 1820. The molecule has 0 saturated carbocycles. The van der Waals surface area contributed by atoms with Crippen LogP contribution in [0.5, 0.6) is 0 Å². The summed E-state index contributed by atoms with van der Waals surface area (Å²) in [7, 11) is -9.90. The zero-order valence-corrected chi connectivity index (χ0v) is 63.6. The summed E-state index contributed by atoms with van der Waals surface area (Å²) in [5, 5.41) is 10.6. The SMILES string of the molecule is CCCCCCCCCCCCCCCCCCCCCCC(=O)O[C@H](COC(=O)CCCCCCCCCCCCCCCCCCC(C)C)COP(=O)(O)OC[C@@H](O)COP(=O)(O)OC[C@@H](COC(=O)CCCCCCC)OC(=O)CCCCCCCCCCCCC. The van der Waals surface area contributed by atoms with Crippen LogP contribution in [-0.4, -0.2) is 96.7 Å². The van der Waals surface area contributed by atoms with Gasteiger partial charge in [0.1, 0.15) is 19.3 Å². The molecule has 0 saturated heterocycles. The quantitative estimate of drug-likeness (QED) is 0.0222. The number of hydrogen-bond acceptors (Lipinski definition) is 15. The maximum Gasteiger partial charge on any atom is 0.472 e. The van der Waals surface area contributed by atoms with Crippen molar-refractivity contribution in [1.29, 1.82) is 0 Å². The van der Waals surface area contributed by atoms with Crippen LogP contribution in [0.25, 0.3) is 0 Å². The minimum atomic E-state index is -4.95. The van der Waals surface area contributed by atoms with Crippen molar-refractivity contribution in [2.45, 2.75) is 419 Å². The summed E-state index contributed by atoms with van der Waals surface area (Å²) < 4.78 is 68.3. The van der Waals surface area contributed by atoms with Gasteiger partial charge in [0.25, 0.3) is 0 Å². The van der Waals surface area contributed by atoms with Crippen LogP contribution >= 0.6 is 15.6 Å². The summed E-state index contributed by atoms with van der Waals surface area (Å²) in [6.07, 6.45) is 58.8. The van der Waals surface area contributed by atoms with E-state index in [4.69, 9.17) is 37.0 Å². The Kier molecular flexibility index (Phi) is 67.7. The van der Waals surface area contributed by atoms with Crippen molar-refractivity contribution in [3.63, 3.8) is 0 Å². The monoisotopic (exact) mass is 1400 g/mol. The van der Waals surface area contributed by atoms with E-state index in [2.05, 4.69) is 34.6 Å². The third-order valence-electron chi connectivity index (χ3n) is 17.8. The molecule has 0 spiro atoms. The predicted octanol–water partition coefficient (Wildman–Crippen LogP) is 22.5. The molecule has 0 aromatic carbocycles. The Hall–Kier alpha value is -1.94. The summed E-state index contributed by atoms with van der Waals surface area (Å²) in [6, 6.07) is 0. The fourth-order valence-corrected chi connectivity index (χ4v) is 13.3. The van der Waals surface area contributed by atoms with Crippen LogP contribution in [0, 0.1) is 5.92 Å². The molecule has 3 N–H and O–H groups in total. The lowest BCUT2D eigenvalue weighted by atomic mass is 10.0. The van der Waals surface area contributed by atoms with Gasteiger partial charge in [-0.15, -0.1) is 0 Å².